The molecule has 0 radical (unpaired) electrons. The number of aryl methyl sites for hydroxylation is 1. The molecule has 0 atom stereocenters. The summed E-state index contributed by atoms with van der Waals surface area (Å²) < 4.78 is 0. The van der Waals surface area contributed by atoms with E-state index in [4.69, 9.17) is 0 Å². The standard InChI is InChI=1S/C17H29N3/c1-4-18-13-17(10-5-6-11-17)14-20(3)12-16-9-7-8-15(2)19-16/h7-9,18H,4-6,10-14H2,1-3H3. The van der Waals surface area contributed by atoms with Gasteiger partial charge in [0, 0.05) is 25.3 Å². The molecule has 1 aromatic heterocycles. The van der Waals surface area contributed by atoms with Gasteiger partial charge in [0.05, 0.1) is 5.69 Å². The first-order valence-electron chi connectivity index (χ1n) is 7.95. The van der Waals surface area contributed by atoms with Crippen molar-refractivity contribution in [2.45, 2.75) is 46.1 Å². The molecule has 0 aliphatic heterocycles. The predicted molar refractivity (Wildman–Crippen MR) is 84.8 cm³/mol. The van der Waals surface area contributed by atoms with Crippen LogP contribution in [0, 0.1) is 12.3 Å². The predicted octanol–water partition coefficient (Wildman–Crippen LogP) is 2.99. The Kier molecular flexibility index (Phi) is 5.55. The van der Waals surface area contributed by atoms with Gasteiger partial charge in [-0.3, -0.25) is 9.88 Å². The lowest BCUT2D eigenvalue weighted by molar-refractivity contribution is 0.167. The maximum Gasteiger partial charge on any atom is 0.0547 e. The second-order valence-corrected chi connectivity index (χ2v) is 6.43. The van der Waals surface area contributed by atoms with E-state index < -0.39 is 0 Å². The fraction of sp³-hybridized carbons (Fsp3) is 0.706. The second kappa shape index (κ2) is 7.19. The average Bonchev–Trinajstić information content (AvgIpc) is 2.85. The lowest BCUT2D eigenvalue weighted by Crippen LogP contribution is -2.41. The van der Waals surface area contributed by atoms with Crippen LogP contribution in [0.1, 0.15) is 44.0 Å². The van der Waals surface area contributed by atoms with Crippen LogP contribution in [0.5, 0.6) is 0 Å². The molecule has 0 aromatic carbocycles. The molecule has 2 rings (SSSR count). The molecular weight excluding hydrogens is 246 g/mol. The monoisotopic (exact) mass is 275 g/mol. The van der Waals surface area contributed by atoms with E-state index in [9.17, 15) is 0 Å². The highest BCUT2D eigenvalue weighted by atomic mass is 15.1. The Bertz CT molecular complexity index is 410. The highest BCUT2D eigenvalue weighted by molar-refractivity contribution is 5.09. The van der Waals surface area contributed by atoms with Crippen molar-refractivity contribution in [1.29, 1.82) is 0 Å². The number of rotatable bonds is 7. The molecule has 0 saturated heterocycles. The largest absolute Gasteiger partial charge is 0.316 e. The smallest absolute Gasteiger partial charge is 0.0547 e. The first-order valence-corrected chi connectivity index (χ1v) is 7.95. The van der Waals surface area contributed by atoms with E-state index in [0.29, 0.717) is 5.41 Å². The van der Waals surface area contributed by atoms with Gasteiger partial charge in [0.25, 0.3) is 0 Å². The zero-order valence-electron chi connectivity index (χ0n) is 13.3. The fourth-order valence-corrected chi connectivity index (χ4v) is 3.50. The van der Waals surface area contributed by atoms with Crippen LogP contribution in [0.25, 0.3) is 0 Å². The minimum Gasteiger partial charge on any atom is -0.316 e. The van der Waals surface area contributed by atoms with Crippen molar-refractivity contribution in [2.24, 2.45) is 5.41 Å². The molecule has 1 fully saturated rings. The number of hydrogen-bond acceptors (Lipinski definition) is 3. The number of nitrogens with zero attached hydrogens (tertiary/aromatic N) is 2. The van der Waals surface area contributed by atoms with Crippen molar-refractivity contribution in [3.05, 3.63) is 29.6 Å². The lowest BCUT2D eigenvalue weighted by atomic mass is 9.85. The Morgan fingerprint density at radius 2 is 2.05 bits per heavy atom. The highest BCUT2D eigenvalue weighted by Crippen LogP contribution is 2.38. The van der Waals surface area contributed by atoms with E-state index in [1.54, 1.807) is 0 Å². The zero-order chi connectivity index (χ0) is 14.4. The average molecular weight is 275 g/mol. The van der Waals surface area contributed by atoms with Gasteiger partial charge in [-0.05, 0) is 50.9 Å². The summed E-state index contributed by atoms with van der Waals surface area (Å²) in [4.78, 5) is 7.06. The summed E-state index contributed by atoms with van der Waals surface area (Å²) in [5, 5.41) is 3.57. The SMILES string of the molecule is CCNCC1(CN(C)Cc2cccc(C)n2)CCCC1. The quantitative estimate of drug-likeness (QED) is 0.829. The van der Waals surface area contributed by atoms with Crippen LogP contribution in [-0.2, 0) is 6.54 Å². The molecule has 0 spiro atoms. The van der Waals surface area contributed by atoms with E-state index >= 15 is 0 Å². The third kappa shape index (κ3) is 4.29. The van der Waals surface area contributed by atoms with Gasteiger partial charge in [0.2, 0.25) is 0 Å². The molecule has 0 amide bonds. The minimum atomic E-state index is 0.481. The Morgan fingerprint density at radius 3 is 2.70 bits per heavy atom. The van der Waals surface area contributed by atoms with Gasteiger partial charge >= 0.3 is 0 Å². The van der Waals surface area contributed by atoms with Crippen LogP contribution in [-0.4, -0.2) is 36.6 Å². The van der Waals surface area contributed by atoms with E-state index in [0.717, 1.165) is 25.3 Å². The van der Waals surface area contributed by atoms with Crippen LogP contribution >= 0.6 is 0 Å². The van der Waals surface area contributed by atoms with Gasteiger partial charge < -0.3 is 5.32 Å². The summed E-state index contributed by atoms with van der Waals surface area (Å²) in [6, 6.07) is 6.30. The maximum absolute atomic E-state index is 4.62. The summed E-state index contributed by atoms with van der Waals surface area (Å²) in [5.41, 5.74) is 2.78. The van der Waals surface area contributed by atoms with Crippen LogP contribution < -0.4 is 5.32 Å². The van der Waals surface area contributed by atoms with Gasteiger partial charge in [0.1, 0.15) is 0 Å². The molecule has 1 aliphatic rings. The van der Waals surface area contributed by atoms with Crippen molar-refractivity contribution in [3.63, 3.8) is 0 Å². The topological polar surface area (TPSA) is 28.2 Å². The molecule has 0 unspecified atom stereocenters. The molecule has 3 heteroatoms. The Hall–Kier alpha value is -0.930. The Balaban J connectivity index is 1.93. The lowest BCUT2D eigenvalue weighted by Gasteiger charge is -2.33. The number of aromatic nitrogens is 1. The van der Waals surface area contributed by atoms with Gasteiger partial charge in [-0.25, -0.2) is 0 Å². The third-order valence-corrected chi connectivity index (χ3v) is 4.40. The van der Waals surface area contributed by atoms with Crippen molar-refractivity contribution in [2.75, 3.05) is 26.7 Å². The maximum atomic E-state index is 4.62. The summed E-state index contributed by atoms with van der Waals surface area (Å²) in [7, 11) is 2.23. The first kappa shape index (κ1) is 15.5. The van der Waals surface area contributed by atoms with Crippen LogP contribution in [0.15, 0.2) is 18.2 Å². The Morgan fingerprint density at radius 1 is 1.30 bits per heavy atom. The van der Waals surface area contributed by atoms with Gasteiger partial charge in [-0.2, -0.15) is 0 Å². The molecule has 1 aromatic rings. The molecule has 112 valence electrons. The summed E-state index contributed by atoms with van der Waals surface area (Å²) in [6.45, 7) is 8.63. The second-order valence-electron chi connectivity index (χ2n) is 6.43. The molecule has 0 bridgehead atoms. The Labute approximate surface area is 123 Å². The van der Waals surface area contributed by atoms with Crippen molar-refractivity contribution >= 4 is 0 Å². The number of nitrogens with one attached hydrogen (secondary N) is 1. The van der Waals surface area contributed by atoms with Gasteiger partial charge in [0.15, 0.2) is 0 Å². The van der Waals surface area contributed by atoms with Crippen LogP contribution in [0.2, 0.25) is 0 Å². The van der Waals surface area contributed by atoms with Gasteiger partial charge in [-0.15, -0.1) is 0 Å². The van der Waals surface area contributed by atoms with E-state index in [2.05, 4.69) is 54.3 Å². The molecule has 1 saturated carbocycles. The molecular formula is C17H29N3. The van der Waals surface area contributed by atoms with Crippen LogP contribution in [0.4, 0.5) is 0 Å². The van der Waals surface area contributed by atoms with Crippen molar-refractivity contribution in [3.8, 4) is 0 Å². The van der Waals surface area contributed by atoms with E-state index in [1.807, 2.05) is 0 Å². The summed E-state index contributed by atoms with van der Waals surface area (Å²) >= 11 is 0. The van der Waals surface area contributed by atoms with Crippen molar-refractivity contribution < 1.29 is 0 Å². The van der Waals surface area contributed by atoms with E-state index in [1.165, 1.54) is 37.9 Å². The van der Waals surface area contributed by atoms with Crippen LogP contribution in [0.3, 0.4) is 0 Å². The number of pyridine rings is 1. The molecule has 1 N–H and O–H groups in total. The summed E-state index contributed by atoms with van der Waals surface area (Å²) in [6.07, 6.45) is 5.51. The van der Waals surface area contributed by atoms with Crippen molar-refractivity contribution in [1.82, 2.24) is 15.2 Å². The molecule has 1 aliphatic carbocycles. The zero-order valence-corrected chi connectivity index (χ0v) is 13.3. The minimum absolute atomic E-state index is 0.481. The third-order valence-electron chi connectivity index (χ3n) is 4.40. The normalized spacial score (nSPS) is 17.8. The number of hydrogen-bond donors (Lipinski definition) is 1. The summed E-state index contributed by atoms with van der Waals surface area (Å²) in [5.74, 6) is 0. The molecule has 20 heavy (non-hydrogen) atoms. The molecule has 1 heterocycles. The highest BCUT2D eigenvalue weighted by Gasteiger charge is 2.34. The first-order chi connectivity index (χ1) is 9.63. The van der Waals surface area contributed by atoms with Gasteiger partial charge in [-0.1, -0.05) is 25.8 Å². The fourth-order valence-electron chi connectivity index (χ4n) is 3.50. The van der Waals surface area contributed by atoms with E-state index in [-0.39, 0.29) is 0 Å². The molecule has 3 nitrogen and oxygen atoms in total.